The first-order chi connectivity index (χ1) is 8.24. The van der Waals surface area contributed by atoms with E-state index in [0.717, 1.165) is 17.3 Å². The van der Waals surface area contributed by atoms with E-state index >= 15 is 0 Å². The second-order valence-corrected chi connectivity index (χ2v) is 3.90. The van der Waals surface area contributed by atoms with Crippen molar-refractivity contribution < 1.29 is 8.78 Å². The molecule has 2 aromatic carbocycles. The standard InChI is InChI=1S/C14H9F2N/c15-11-6-10-7-13(9-4-2-1-3-5-9)17-14(10)12(16)8-11/h1-8,17H. The molecule has 1 nitrogen and oxygen atoms in total. The van der Waals surface area contributed by atoms with Crippen molar-refractivity contribution in [2.75, 3.05) is 0 Å². The van der Waals surface area contributed by atoms with Crippen LogP contribution in [0.2, 0.25) is 0 Å². The number of rotatable bonds is 1. The highest BCUT2D eigenvalue weighted by Crippen LogP contribution is 2.26. The third-order valence-electron chi connectivity index (χ3n) is 2.73. The molecule has 0 amide bonds. The maximum Gasteiger partial charge on any atom is 0.150 e. The van der Waals surface area contributed by atoms with E-state index in [0.29, 0.717) is 10.9 Å². The Labute approximate surface area is 96.7 Å². The van der Waals surface area contributed by atoms with Gasteiger partial charge in [-0.05, 0) is 17.7 Å². The van der Waals surface area contributed by atoms with Crippen LogP contribution in [0.1, 0.15) is 0 Å². The Bertz CT molecular complexity index is 671. The molecule has 0 aliphatic rings. The zero-order valence-electron chi connectivity index (χ0n) is 8.87. The summed E-state index contributed by atoms with van der Waals surface area (Å²) in [5, 5.41) is 0.543. The monoisotopic (exact) mass is 229 g/mol. The van der Waals surface area contributed by atoms with Gasteiger partial charge in [-0.25, -0.2) is 8.78 Å². The van der Waals surface area contributed by atoms with E-state index in [9.17, 15) is 8.78 Å². The van der Waals surface area contributed by atoms with Gasteiger partial charge in [0.15, 0.2) is 0 Å². The molecule has 0 aliphatic heterocycles. The summed E-state index contributed by atoms with van der Waals surface area (Å²) in [6.45, 7) is 0. The fourth-order valence-electron chi connectivity index (χ4n) is 1.94. The van der Waals surface area contributed by atoms with Crippen molar-refractivity contribution >= 4 is 10.9 Å². The summed E-state index contributed by atoms with van der Waals surface area (Å²) in [5.41, 5.74) is 2.07. The minimum atomic E-state index is -0.567. The van der Waals surface area contributed by atoms with Gasteiger partial charge in [0.25, 0.3) is 0 Å². The third-order valence-corrected chi connectivity index (χ3v) is 2.73. The van der Waals surface area contributed by atoms with Crippen molar-refractivity contribution in [2.45, 2.75) is 0 Å². The van der Waals surface area contributed by atoms with E-state index < -0.39 is 11.6 Å². The van der Waals surface area contributed by atoms with Crippen molar-refractivity contribution in [3.63, 3.8) is 0 Å². The van der Waals surface area contributed by atoms with Gasteiger partial charge in [-0.1, -0.05) is 30.3 Å². The van der Waals surface area contributed by atoms with Crippen LogP contribution in [0.3, 0.4) is 0 Å². The number of nitrogens with one attached hydrogen (secondary N) is 1. The van der Waals surface area contributed by atoms with E-state index in [1.807, 2.05) is 30.3 Å². The first-order valence-corrected chi connectivity index (χ1v) is 5.27. The third kappa shape index (κ3) is 1.69. The van der Waals surface area contributed by atoms with Crippen LogP contribution in [0.4, 0.5) is 8.78 Å². The molecular formula is C14H9F2N. The van der Waals surface area contributed by atoms with Gasteiger partial charge in [-0.3, -0.25) is 0 Å². The molecule has 0 bridgehead atoms. The lowest BCUT2D eigenvalue weighted by Crippen LogP contribution is -1.81. The van der Waals surface area contributed by atoms with E-state index in [1.54, 1.807) is 6.07 Å². The fourth-order valence-corrected chi connectivity index (χ4v) is 1.94. The van der Waals surface area contributed by atoms with E-state index in [-0.39, 0.29) is 0 Å². The topological polar surface area (TPSA) is 15.8 Å². The summed E-state index contributed by atoms with van der Waals surface area (Å²) in [6, 6.07) is 13.5. The number of H-pyrrole nitrogens is 1. The molecule has 84 valence electrons. The molecule has 0 atom stereocenters. The Morgan fingerprint density at radius 3 is 2.41 bits per heavy atom. The first kappa shape index (κ1) is 10.0. The van der Waals surface area contributed by atoms with Crippen molar-refractivity contribution in [1.82, 2.24) is 4.98 Å². The van der Waals surface area contributed by atoms with Gasteiger partial charge < -0.3 is 4.98 Å². The van der Waals surface area contributed by atoms with Gasteiger partial charge in [-0.2, -0.15) is 0 Å². The zero-order valence-corrected chi connectivity index (χ0v) is 8.87. The molecule has 3 rings (SSSR count). The highest BCUT2D eigenvalue weighted by atomic mass is 19.1. The van der Waals surface area contributed by atoms with Crippen molar-refractivity contribution in [1.29, 1.82) is 0 Å². The Kier molecular flexibility index (Phi) is 2.18. The average molecular weight is 229 g/mol. The van der Waals surface area contributed by atoms with Gasteiger partial charge in [0, 0.05) is 17.1 Å². The molecule has 1 N–H and O–H groups in total. The van der Waals surface area contributed by atoms with Crippen LogP contribution in [-0.4, -0.2) is 4.98 Å². The van der Waals surface area contributed by atoms with E-state index in [2.05, 4.69) is 4.98 Å². The number of benzene rings is 2. The minimum absolute atomic E-state index is 0.338. The number of hydrogen-bond donors (Lipinski definition) is 1. The summed E-state index contributed by atoms with van der Waals surface area (Å²) < 4.78 is 26.6. The quantitative estimate of drug-likeness (QED) is 0.646. The van der Waals surface area contributed by atoms with Crippen molar-refractivity contribution in [3.05, 3.63) is 60.2 Å². The summed E-state index contributed by atoms with van der Waals surface area (Å²) in [5.74, 6) is -1.13. The van der Waals surface area contributed by atoms with Crippen LogP contribution >= 0.6 is 0 Å². The van der Waals surface area contributed by atoms with Crippen molar-refractivity contribution in [3.8, 4) is 11.3 Å². The van der Waals surface area contributed by atoms with Crippen molar-refractivity contribution in [2.24, 2.45) is 0 Å². The number of aromatic nitrogens is 1. The molecule has 3 heteroatoms. The summed E-state index contributed by atoms with van der Waals surface area (Å²) >= 11 is 0. The first-order valence-electron chi connectivity index (χ1n) is 5.27. The maximum absolute atomic E-state index is 13.5. The number of hydrogen-bond acceptors (Lipinski definition) is 0. The molecule has 1 heterocycles. The predicted octanol–water partition coefficient (Wildman–Crippen LogP) is 4.11. The van der Waals surface area contributed by atoms with E-state index in [4.69, 9.17) is 0 Å². The van der Waals surface area contributed by atoms with Crippen LogP contribution in [-0.2, 0) is 0 Å². The Balaban J connectivity index is 2.24. The van der Waals surface area contributed by atoms with E-state index in [1.165, 1.54) is 6.07 Å². The SMILES string of the molecule is Fc1cc(F)c2[nH]c(-c3ccccc3)cc2c1. The smallest absolute Gasteiger partial charge is 0.150 e. The van der Waals surface area contributed by atoms with Crippen LogP contribution in [0.5, 0.6) is 0 Å². The van der Waals surface area contributed by atoms with Gasteiger partial charge in [0.2, 0.25) is 0 Å². The number of halogens is 2. The molecule has 0 fully saturated rings. The van der Waals surface area contributed by atoms with Gasteiger partial charge in [0.05, 0.1) is 5.52 Å². The van der Waals surface area contributed by atoms with Crippen LogP contribution < -0.4 is 0 Å². The molecule has 0 saturated carbocycles. The Morgan fingerprint density at radius 2 is 1.65 bits per heavy atom. The lowest BCUT2D eigenvalue weighted by atomic mass is 10.1. The lowest BCUT2D eigenvalue weighted by Gasteiger charge is -1.95. The minimum Gasteiger partial charge on any atom is -0.352 e. The van der Waals surface area contributed by atoms with Crippen LogP contribution in [0, 0.1) is 11.6 Å². The molecule has 0 aliphatic carbocycles. The lowest BCUT2D eigenvalue weighted by molar-refractivity contribution is 0.591. The molecule has 17 heavy (non-hydrogen) atoms. The predicted molar refractivity (Wildman–Crippen MR) is 63.7 cm³/mol. The fraction of sp³-hybridized carbons (Fsp3) is 0. The Morgan fingerprint density at radius 1 is 0.882 bits per heavy atom. The average Bonchev–Trinajstić information content (AvgIpc) is 2.74. The van der Waals surface area contributed by atoms with Crippen LogP contribution in [0.25, 0.3) is 22.2 Å². The van der Waals surface area contributed by atoms with Gasteiger partial charge >= 0.3 is 0 Å². The summed E-state index contributed by atoms with van der Waals surface area (Å²) in [7, 11) is 0. The molecule has 0 saturated heterocycles. The molecular weight excluding hydrogens is 220 g/mol. The molecule has 1 aromatic heterocycles. The molecule has 3 aromatic rings. The normalized spacial score (nSPS) is 10.9. The Hall–Kier alpha value is -2.16. The summed E-state index contributed by atoms with van der Waals surface area (Å²) in [4.78, 5) is 2.97. The molecule has 0 spiro atoms. The van der Waals surface area contributed by atoms with Gasteiger partial charge in [-0.15, -0.1) is 0 Å². The zero-order chi connectivity index (χ0) is 11.8. The highest BCUT2D eigenvalue weighted by molar-refractivity contribution is 5.86. The number of fused-ring (bicyclic) bond motifs is 1. The largest absolute Gasteiger partial charge is 0.352 e. The highest BCUT2D eigenvalue weighted by Gasteiger charge is 2.08. The van der Waals surface area contributed by atoms with Gasteiger partial charge in [0.1, 0.15) is 11.6 Å². The van der Waals surface area contributed by atoms with Crippen LogP contribution in [0.15, 0.2) is 48.5 Å². The molecule has 0 unspecified atom stereocenters. The second kappa shape index (κ2) is 3.70. The maximum atomic E-state index is 13.5. The molecule has 0 radical (unpaired) electrons. The summed E-state index contributed by atoms with van der Waals surface area (Å²) in [6.07, 6.45) is 0. The second-order valence-electron chi connectivity index (χ2n) is 3.90. The number of aromatic amines is 1.